The molecule has 118 valence electrons. The third kappa shape index (κ3) is 5.33. The second-order valence-electron chi connectivity index (χ2n) is 5.12. The second kappa shape index (κ2) is 8.33. The molecule has 1 aliphatic rings. The first-order chi connectivity index (χ1) is 10.6. The Balaban J connectivity index is 1.68. The van der Waals surface area contributed by atoms with Gasteiger partial charge in [0, 0.05) is 12.0 Å². The van der Waals surface area contributed by atoms with Crippen molar-refractivity contribution in [3.63, 3.8) is 0 Å². The van der Waals surface area contributed by atoms with Crippen molar-refractivity contribution in [2.24, 2.45) is 5.92 Å². The van der Waals surface area contributed by atoms with Crippen LogP contribution in [0.4, 0.5) is 0 Å². The first-order valence-electron chi connectivity index (χ1n) is 7.27. The van der Waals surface area contributed by atoms with Gasteiger partial charge in [-0.15, -0.1) is 0 Å². The first kappa shape index (κ1) is 16.2. The summed E-state index contributed by atoms with van der Waals surface area (Å²) in [4.78, 5) is 23.5. The van der Waals surface area contributed by atoms with Crippen molar-refractivity contribution >= 4 is 35.2 Å². The van der Waals surface area contributed by atoms with Crippen LogP contribution in [0.2, 0.25) is 0 Å². The number of hydrogen-bond acceptors (Lipinski definition) is 4. The molecule has 3 N–H and O–H groups in total. The molecule has 1 heterocycles. The highest BCUT2D eigenvalue weighted by Gasteiger charge is 2.20. The molecule has 0 aliphatic heterocycles. The van der Waals surface area contributed by atoms with Gasteiger partial charge in [0.1, 0.15) is 5.76 Å². The van der Waals surface area contributed by atoms with Gasteiger partial charge in [0.05, 0.1) is 6.26 Å². The van der Waals surface area contributed by atoms with Gasteiger partial charge in [0.2, 0.25) is 11.8 Å². The number of rotatable bonds is 3. The molecular weight excluding hydrogens is 302 g/mol. The fourth-order valence-corrected chi connectivity index (χ4v) is 2.47. The Kier molecular flexibility index (Phi) is 6.14. The van der Waals surface area contributed by atoms with Crippen LogP contribution in [0.15, 0.2) is 28.9 Å². The fraction of sp³-hybridized carbons (Fsp3) is 0.400. The maximum absolute atomic E-state index is 11.9. The smallest absolute Gasteiger partial charge is 0.250 e. The lowest BCUT2D eigenvalue weighted by Crippen LogP contribution is -2.50. The van der Waals surface area contributed by atoms with E-state index in [9.17, 15) is 9.59 Å². The summed E-state index contributed by atoms with van der Waals surface area (Å²) >= 11 is 4.95. The topological polar surface area (TPSA) is 83.4 Å². The van der Waals surface area contributed by atoms with Crippen molar-refractivity contribution in [2.75, 3.05) is 0 Å². The summed E-state index contributed by atoms with van der Waals surface area (Å²) in [5.41, 5.74) is 5.09. The van der Waals surface area contributed by atoms with E-state index in [1.165, 1.54) is 24.8 Å². The Morgan fingerprint density at radius 1 is 1.23 bits per heavy atom. The molecule has 1 aromatic rings. The zero-order chi connectivity index (χ0) is 15.8. The predicted molar refractivity (Wildman–Crippen MR) is 86.3 cm³/mol. The predicted octanol–water partition coefficient (Wildman–Crippen LogP) is 1.90. The van der Waals surface area contributed by atoms with Gasteiger partial charge in [0.25, 0.3) is 0 Å². The minimum atomic E-state index is -0.402. The van der Waals surface area contributed by atoms with Gasteiger partial charge in [0.15, 0.2) is 5.11 Å². The first-order valence-corrected chi connectivity index (χ1v) is 7.68. The normalized spacial score (nSPS) is 15.5. The molecule has 0 bridgehead atoms. The molecule has 1 aliphatic carbocycles. The van der Waals surface area contributed by atoms with Gasteiger partial charge in [-0.25, -0.2) is 0 Å². The molecule has 1 saturated carbocycles. The number of thiocarbonyl (C=S) groups is 1. The third-order valence-corrected chi connectivity index (χ3v) is 3.66. The van der Waals surface area contributed by atoms with Gasteiger partial charge in [-0.2, -0.15) is 0 Å². The number of hydrazine groups is 1. The lowest BCUT2D eigenvalue weighted by atomic mass is 9.89. The zero-order valence-electron chi connectivity index (χ0n) is 12.1. The van der Waals surface area contributed by atoms with Crippen LogP contribution < -0.4 is 16.2 Å². The Morgan fingerprint density at radius 2 is 2.00 bits per heavy atom. The van der Waals surface area contributed by atoms with Crippen LogP contribution in [-0.4, -0.2) is 16.9 Å². The van der Waals surface area contributed by atoms with Crippen molar-refractivity contribution in [2.45, 2.75) is 32.1 Å². The van der Waals surface area contributed by atoms with E-state index in [1.807, 2.05) is 0 Å². The van der Waals surface area contributed by atoms with Crippen molar-refractivity contribution in [1.29, 1.82) is 0 Å². The summed E-state index contributed by atoms with van der Waals surface area (Å²) in [7, 11) is 0. The van der Waals surface area contributed by atoms with Crippen LogP contribution in [-0.2, 0) is 9.59 Å². The van der Waals surface area contributed by atoms with Gasteiger partial charge in [-0.05, 0) is 43.3 Å². The minimum absolute atomic E-state index is 0.0265. The lowest BCUT2D eigenvalue weighted by Gasteiger charge is -2.21. The monoisotopic (exact) mass is 321 g/mol. The molecule has 7 heteroatoms. The molecule has 0 unspecified atom stereocenters. The van der Waals surface area contributed by atoms with E-state index in [-0.39, 0.29) is 16.9 Å². The Labute approximate surface area is 134 Å². The summed E-state index contributed by atoms with van der Waals surface area (Å²) < 4.78 is 5.06. The van der Waals surface area contributed by atoms with Gasteiger partial charge < -0.3 is 4.42 Å². The lowest BCUT2D eigenvalue weighted by molar-refractivity contribution is -0.126. The summed E-state index contributed by atoms with van der Waals surface area (Å²) in [6, 6.07) is 3.45. The molecule has 1 aromatic heterocycles. The van der Waals surface area contributed by atoms with Gasteiger partial charge in [-0.1, -0.05) is 19.3 Å². The molecule has 2 rings (SSSR count). The van der Waals surface area contributed by atoms with E-state index in [1.54, 1.807) is 12.1 Å². The SMILES string of the molecule is O=C(/C=C/c1ccco1)NC(=S)NNC(=O)C1CCCCC1. The number of furan rings is 1. The van der Waals surface area contributed by atoms with Crippen LogP contribution in [0.1, 0.15) is 37.9 Å². The quantitative estimate of drug-likeness (QED) is 0.450. The number of hydrogen-bond donors (Lipinski definition) is 3. The molecule has 22 heavy (non-hydrogen) atoms. The maximum Gasteiger partial charge on any atom is 0.250 e. The van der Waals surface area contributed by atoms with E-state index < -0.39 is 5.91 Å². The zero-order valence-corrected chi connectivity index (χ0v) is 12.9. The van der Waals surface area contributed by atoms with Crippen LogP contribution >= 0.6 is 12.2 Å². The Hall–Kier alpha value is -2.15. The average Bonchev–Trinajstić information content (AvgIpc) is 3.05. The van der Waals surface area contributed by atoms with E-state index in [2.05, 4.69) is 16.2 Å². The van der Waals surface area contributed by atoms with E-state index >= 15 is 0 Å². The molecule has 6 nitrogen and oxygen atoms in total. The maximum atomic E-state index is 11.9. The van der Waals surface area contributed by atoms with Gasteiger partial charge >= 0.3 is 0 Å². The van der Waals surface area contributed by atoms with Crippen LogP contribution in [0.5, 0.6) is 0 Å². The molecular formula is C15H19N3O3S. The summed E-state index contributed by atoms with van der Waals surface area (Å²) in [5, 5.41) is 2.49. The van der Waals surface area contributed by atoms with E-state index in [0.29, 0.717) is 5.76 Å². The standard InChI is InChI=1S/C15H19N3O3S/c19-13(9-8-12-7-4-10-21-12)16-15(22)18-17-14(20)11-5-2-1-3-6-11/h4,7-11H,1-3,5-6H2,(H,17,20)(H2,16,18,19,22)/b9-8+. The van der Waals surface area contributed by atoms with Crippen molar-refractivity contribution in [1.82, 2.24) is 16.2 Å². The Bertz CT molecular complexity index is 548. The largest absolute Gasteiger partial charge is 0.465 e. The highest BCUT2D eigenvalue weighted by molar-refractivity contribution is 7.80. The number of carbonyl (C=O) groups is 2. The highest BCUT2D eigenvalue weighted by Crippen LogP contribution is 2.23. The third-order valence-electron chi connectivity index (χ3n) is 3.45. The average molecular weight is 321 g/mol. The van der Waals surface area contributed by atoms with Crippen molar-refractivity contribution in [3.05, 3.63) is 30.2 Å². The minimum Gasteiger partial charge on any atom is -0.465 e. The molecule has 0 atom stereocenters. The molecule has 1 fully saturated rings. The number of carbonyl (C=O) groups excluding carboxylic acids is 2. The van der Waals surface area contributed by atoms with E-state index in [0.717, 1.165) is 25.7 Å². The second-order valence-corrected chi connectivity index (χ2v) is 5.52. The van der Waals surface area contributed by atoms with Crippen molar-refractivity contribution in [3.8, 4) is 0 Å². The summed E-state index contributed by atoms with van der Waals surface area (Å²) in [6.45, 7) is 0. The Morgan fingerprint density at radius 3 is 2.68 bits per heavy atom. The van der Waals surface area contributed by atoms with E-state index in [4.69, 9.17) is 16.6 Å². The summed E-state index contributed by atoms with van der Waals surface area (Å²) in [6.07, 6.45) is 9.50. The van der Waals surface area contributed by atoms with Crippen molar-refractivity contribution < 1.29 is 14.0 Å². The number of amides is 2. The fourth-order valence-electron chi connectivity index (χ4n) is 2.31. The summed E-state index contributed by atoms with van der Waals surface area (Å²) in [5.74, 6) is 0.112. The van der Waals surface area contributed by atoms with Crippen LogP contribution in [0, 0.1) is 5.92 Å². The molecule has 0 spiro atoms. The molecule has 2 amide bonds. The van der Waals surface area contributed by atoms with Crippen LogP contribution in [0.25, 0.3) is 6.08 Å². The van der Waals surface area contributed by atoms with Crippen LogP contribution in [0.3, 0.4) is 0 Å². The highest BCUT2D eigenvalue weighted by atomic mass is 32.1. The molecule has 0 aromatic carbocycles. The number of nitrogens with one attached hydrogen (secondary N) is 3. The van der Waals surface area contributed by atoms with Gasteiger partial charge in [-0.3, -0.25) is 25.8 Å². The molecule has 0 saturated heterocycles. The molecule has 0 radical (unpaired) electrons.